The SMILES string of the molecule is O.O=C([O-])c1ccccc1[N+](=O)[O-].O=C([O-])c1ccccc1[N+](=O)[O-].[Cu+2].c1ccncc1.c1ccncc1. The van der Waals surface area contributed by atoms with Crippen molar-refractivity contribution in [3.05, 3.63) is 141 Å². The topological polar surface area (TPSA) is 224 Å². The first-order valence-electron chi connectivity index (χ1n) is 9.85. The Morgan fingerprint density at radius 3 is 1.00 bits per heavy atom. The van der Waals surface area contributed by atoms with Gasteiger partial charge in [0, 0.05) is 36.9 Å². The summed E-state index contributed by atoms with van der Waals surface area (Å²) in [5.74, 6) is -3.08. The number of pyridine rings is 2. The van der Waals surface area contributed by atoms with E-state index in [0.717, 1.165) is 24.3 Å². The fraction of sp³-hybridized carbons (Fsp3) is 0. The van der Waals surface area contributed by atoms with Crippen molar-refractivity contribution >= 4 is 23.3 Å². The second kappa shape index (κ2) is 20.2. The smallest absolute Gasteiger partial charge is 0.545 e. The van der Waals surface area contributed by atoms with E-state index in [1.54, 1.807) is 24.8 Å². The van der Waals surface area contributed by atoms with Gasteiger partial charge in [-0.1, -0.05) is 36.4 Å². The molecule has 0 aliphatic rings. The molecular formula is C24H20CuN4O9. The molecule has 0 unspecified atom stereocenters. The van der Waals surface area contributed by atoms with E-state index in [1.165, 1.54) is 24.3 Å². The Kier molecular flexibility index (Phi) is 18.7. The Balaban J connectivity index is 0. The van der Waals surface area contributed by atoms with E-state index in [1.807, 2.05) is 36.4 Å². The van der Waals surface area contributed by atoms with Crippen LogP contribution in [0.3, 0.4) is 0 Å². The van der Waals surface area contributed by atoms with Gasteiger partial charge in [0.2, 0.25) is 0 Å². The number of hydrogen-bond donors (Lipinski definition) is 0. The number of aromatic carboxylic acids is 2. The number of carboxylic acids is 2. The standard InChI is InChI=1S/2C7H5NO4.2C5H5N.Cu.H2O/c2*9-7(10)5-3-1-2-4-6(5)8(11)12;2*1-2-4-6-5-3-1;;/h2*1-4H,(H,9,10);2*1-5H;;1H2/q;;;;+2;/p-2. The zero-order valence-electron chi connectivity index (χ0n) is 19.2. The van der Waals surface area contributed by atoms with Crippen molar-refractivity contribution in [1.82, 2.24) is 9.97 Å². The number of nitro groups is 2. The minimum Gasteiger partial charge on any atom is -0.545 e. The maximum absolute atomic E-state index is 10.3. The number of carboxylic acid groups (broad SMARTS) is 2. The van der Waals surface area contributed by atoms with Crippen molar-refractivity contribution in [2.24, 2.45) is 0 Å². The molecule has 0 bridgehead atoms. The van der Waals surface area contributed by atoms with Gasteiger partial charge in [-0.25, -0.2) is 0 Å². The number of carbonyl (C=O) groups is 2. The monoisotopic (exact) mass is 571 g/mol. The summed E-state index contributed by atoms with van der Waals surface area (Å²) in [4.78, 5) is 47.2. The van der Waals surface area contributed by atoms with Crippen molar-refractivity contribution in [2.75, 3.05) is 0 Å². The second-order valence-electron chi connectivity index (χ2n) is 6.17. The van der Waals surface area contributed by atoms with Crippen LogP contribution in [0, 0.1) is 20.2 Å². The van der Waals surface area contributed by atoms with Gasteiger partial charge in [-0.05, 0) is 36.4 Å². The zero-order chi connectivity index (χ0) is 26.8. The molecule has 2 N–H and O–H groups in total. The summed E-state index contributed by atoms with van der Waals surface area (Å²) in [6.45, 7) is 0. The first kappa shape index (κ1) is 35.1. The molecule has 0 spiro atoms. The van der Waals surface area contributed by atoms with Crippen LogP contribution in [0.2, 0.25) is 0 Å². The summed E-state index contributed by atoms with van der Waals surface area (Å²) >= 11 is 0. The average molecular weight is 572 g/mol. The largest absolute Gasteiger partial charge is 2.00 e. The summed E-state index contributed by atoms with van der Waals surface area (Å²) in [5, 5.41) is 41.1. The fourth-order valence-electron chi connectivity index (χ4n) is 2.24. The third kappa shape index (κ3) is 13.7. The first-order valence-corrected chi connectivity index (χ1v) is 9.85. The molecule has 201 valence electrons. The Labute approximate surface area is 226 Å². The number of rotatable bonds is 4. The van der Waals surface area contributed by atoms with Crippen LogP contribution in [0.25, 0.3) is 0 Å². The van der Waals surface area contributed by atoms with Gasteiger partial charge in [-0.2, -0.15) is 0 Å². The fourth-order valence-corrected chi connectivity index (χ4v) is 2.24. The van der Waals surface area contributed by atoms with Crippen LogP contribution < -0.4 is 10.2 Å². The third-order valence-corrected chi connectivity index (χ3v) is 3.77. The van der Waals surface area contributed by atoms with Crippen molar-refractivity contribution < 1.29 is 52.2 Å². The Morgan fingerprint density at radius 2 is 0.842 bits per heavy atom. The molecule has 14 heteroatoms. The van der Waals surface area contributed by atoms with Crippen LogP contribution in [0.5, 0.6) is 0 Å². The number of para-hydroxylation sites is 2. The van der Waals surface area contributed by atoms with E-state index in [4.69, 9.17) is 0 Å². The van der Waals surface area contributed by atoms with Crippen LogP contribution in [-0.2, 0) is 17.1 Å². The first-order chi connectivity index (χ1) is 17.3. The van der Waals surface area contributed by atoms with Gasteiger partial charge in [0.25, 0.3) is 11.4 Å². The number of carbonyl (C=O) groups excluding carboxylic acids is 2. The minimum absolute atomic E-state index is 0. The summed E-state index contributed by atoms with van der Waals surface area (Å²) in [5.41, 5.74) is -1.69. The van der Waals surface area contributed by atoms with Crippen LogP contribution in [0.15, 0.2) is 110 Å². The molecule has 0 saturated carbocycles. The average Bonchev–Trinajstić information content (AvgIpc) is 2.91. The summed E-state index contributed by atoms with van der Waals surface area (Å²) in [6, 6.07) is 21.5. The Bertz CT molecular complexity index is 1050. The van der Waals surface area contributed by atoms with Crippen molar-refractivity contribution in [3.8, 4) is 0 Å². The molecule has 13 nitrogen and oxygen atoms in total. The van der Waals surface area contributed by atoms with E-state index >= 15 is 0 Å². The maximum atomic E-state index is 10.3. The van der Waals surface area contributed by atoms with E-state index in [9.17, 15) is 40.0 Å². The van der Waals surface area contributed by atoms with E-state index in [2.05, 4.69) is 9.97 Å². The zero-order valence-corrected chi connectivity index (χ0v) is 20.2. The van der Waals surface area contributed by atoms with Gasteiger partial charge in [-0.3, -0.25) is 30.2 Å². The molecule has 4 aromatic rings. The molecule has 4 rings (SSSR count). The molecule has 0 aliphatic heterocycles. The molecule has 0 amide bonds. The van der Waals surface area contributed by atoms with Gasteiger partial charge >= 0.3 is 17.1 Å². The molecule has 2 aromatic heterocycles. The predicted octanol–water partition coefficient (Wildman–Crippen LogP) is 1.25. The number of hydrogen-bond acceptors (Lipinski definition) is 10. The summed E-state index contributed by atoms with van der Waals surface area (Å²) in [7, 11) is 0. The summed E-state index contributed by atoms with van der Waals surface area (Å²) < 4.78 is 0. The molecule has 0 aliphatic carbocycles. The molecule has 0 atom stereocenters. The van der Waals surface area contributed by atoms with Gasteiger partial charge in [0.1, 0.15) is 0 Å². The van der Waals surface area contributed by atoms with E-state index in [-0.39, 0.29) is 22.5 Å². The number of nitrogens with zero attached hydrogens (tertiary/aromatic N) is 4. The summed E-state index contributed by atoms with van der Waals surface area (Å²) in [6.07, 6.45) is 7.00. The number of benzene rings is 2. The molecule has 2 aromatic carbocycles. The van der Waals surface area contributed by atoms with Gasteiger partial charge in [0.15, 0.2) is 0 Å². The minimum atomic E-state index is -1.54. The third-order valence-electron chi connectivity index (χ3n) is 3.77. The Morgan fingerprint density at radius 1 is 0.553 bits per heavy atom. The number of aromatic nitrogens is 2. The quantitative estimate of drug-likeness (QED) is 0.193. The van der Waals surface area contributed by atoms with Crippen molar-refractivity contribution in [2.45, 2.75) is 0 Å². The Hall–Kier alpha value is -5.04. The number of nitro benzene ring substituents is 2. The normalized spacial score (nSPS) is 8.42. The van der Waals surface area contributed by atoms with Gasteiger partial charge in [-0.15, -0.1) is 0 Å². The molecule has 2 heterocycles. The van der Waals surface area contributed by atoms with Crippen LogP contribution in [0.4, 0.5) is 11.4 Å². The molecule has 0 saturated heterocycles. The van der Waals surface area contributed by atoms with Crippen LogP contribution >= 0.6 is 0 Å². The molecule has 38 heavy (non-hydrogen) atoms. The second-order valence-corrected chi connectivity index (χ2v) is 6.17. The molecular weight excluding hydrogens is 552 g/mol. The maximum Gasteiger partial charge on any atom is 2.00 e. The van der Waals surface area contributed by atoms with Crippen LogP contribution in [0.1, 0.15) is 20.7 Å². The predicted molar refractivity (Wildman–Crippen MR) is 127 cm³/mol. The van der Waals surface area contributed by atoms with Gasteiger partial charge < -0.3 is 25.3 Å². The molecule has 1 radical (unpaired) electrons. The van der Waals surface area contributed by atoms with Gasteiger partial charge in [0.05, 0.1) is 32.9 Å². The molecule has 0 fully saturated rings. The van der Waals surface area contributed by atoms with Crippen molar-refractivity contribution in [3.63, 3.8) is 0 Å². The van der Waals surface area contributed by atoms with Crippen LogP contribution in [-0.4, -0.2) is 37.2 Å². The van der Waals surface area contributed by atoms with Crippen molar-refractivity contribution in [1.29, 1.82) is 0 Å². The van der Waals surface area contributed by atoms with E-state index < -0.39 is 44.3 Å². The van der Waals surface area contributed by atoms with E-state index in [0.29, 0.717) is 0 Å².